The summed E-state index contributed by atoms with van der Waals surface area (Å²) in [6.07, 6.45) is 8.30. The monoisotopic (exact) mass is 268 g/mol. The number of nitrogens with two attached hydrogens (primary N) is 1. The molecular weight excluding hydrogens is 244 g/mol. The first-order valence-electron chi connectivity index (χ1n) is 6.94. The standard InChI is InChI=1S/C14H24N2OS/c1-11-12(7-10-15)18-13(16-11)14(17-2)8-5-3-4-6-9-14/h3-10,15H2,1-2H3. The van der Waals surface area contributed by atoms with Crippen LogP contribution in [0.2, 0.25) is 0 Å². The molecule has 0 radical (unpaired) electrons. The number of aryl methyl sites for hydroxylation is 1. The van der Waals surface area contributed by atoms with Gasteiger partial charge in [0.2, 0.25) is 0 Å². The van der Waals surface area contributed by atoms with Gasteiger partial charge in [0, 0.05) is 12.0 Å². The number of methoxy groups -OCH3 is 1. The lowest BCUT2D eigenvalue weighted by molar-refractivity contribution is -0.0280. The Morgan fingerprint density at radius 3 is 2.50 bits per heavy atom. The van der Waals surface area contributed by atoms with Gasteiger partial charge in [-0.15, -0.1) is 11.3 Å². The first-order valence-corrected chi connectivity index (χ1v) is 7.75. The van der Waals surface area contributed by atoms with Crippen molar-refractivity contribution in [2.45, 2.75) is 57.5 Å². The van der Waals surface area contributed by atoms with Crippen molar-refractivity contribution in [2.24, 2.45) is 5.73 Å². The summed E-state index contributed by atoms with van der Waals surface area (Å²) in [5.74, 6) is 0. The fourth-order valence-corrected chi connectivity index (χ4v) is 4.09. The van der Waals surface area contributed by atoms with Crippen molar-refractivity contribution in [1.29, 1.82) is 0 Å². The van der Waals surface area contributed by atoms with Gasteiger partial charge in [0.25, 0.3) is 0 Å². The maximum atomic E-state index is 5.91. The summed E-state index contributed by atoms with van der Waals surface area (Å²) in [6, 6.07) is 0. The summed E-state index contributed by atoms with van der Waals surface area (Å²) in [4.78, 5) is 6.10. The second kappa shape index (κ2) is 6.13. The van der Waals surface area contributed by atoms with Crippen LogP contribution in [0.4, 0.5) is 0 Å². The highest BCUT2D eigenvalue weighted by molar-refractivity contribution is 7.11. The van der Waals surface area contributed by atoms with Gasteiger partial charge in [0.05, 0.1) is 5.69 Å². The molecule has 0 atom stereocenters. The zero-order valence-corrected chi connectivity index (χ0v) is 12.3. The molecule has 3 nitrogen and oxygen atoms in total. The minimum absolute atomic E-state index is 0.126. The van der Waals surface area contributed by atoms with Crippen LogP contribution in [0.15, 0.2) is 0 Å². The topological polar surface area (TPSA) is 48.1 Å². The van der Waals surface area contributed by atoms with Gasteiger partial charge in [-0.3, -0.25) is 0 Å². The van der Waals surface area contributed by atoms with E-state index in [0.717, 1.165) is 25.0 Å². The zero-order valence-electron chi connectivity index (χ0n) is 11.5. The van der Waals surface area contributed by atoms with Gasteiger partial charge in [0.1, 0.15) is 10.6 Å². The SMILES string of the molecule is COC1(c2nc(C)c(CCN)s2)CCCCCC1. The molecule has 0 aliphatic heterocycles. The van der Waals surface area contributed by atoms with Gasteiger partial charge in [-0.25, -0.2) is 4.98 Å². The Morgan fingerprint density at radius 1 is 1.28 bits per heavy atom. The van der Waals surface area contributed by atoms with Crippen LogP contribution in [0.5, 0.6) is 0 Å². The molecule has 0 amide bonds. The van der Waals surface area contributed by atoms with E-state index in [1.807, 2.05) is 18.4 Å². The molecule has 1 fully saturated rings. The van der Waals surface area contributed by atoms with Crippen molar-refractivity contribution in [3.8, 4) is 0 Å². The normalized spacial score (nSPS) is 19.7. The summed E-state index contributed by atoms with van der Waals surface area (Å²) >= 11 is 1.81. The highest BCUT2D eigenvalue weighted by atomic mass is 32.1. The summed E-state index contributed by atoms with van der Waals surface area (Å²) < 4.78 is 5.91. The van der Waals surface area contributed by atoms with Crippen molar-refractivity contribution in [2.75, 3.05) is 13.7 Å². The van der Waals surface area contributed by atoms with E-state index >= 15 is 0 Å². The van der Waals surface area contributed by atoms with Gasteiger partial charge in [-0.05, 0) is 32.7 Å². The molecule has 4 heteroatoms. The first kappa shape index (κ1) is 14.0. The van der Waals surface area contributed by atoms with Gasteiger partial charge in [0.15, 0.2) is 0 Å². The first-order chi connectivity index (χ1) is 8.72. The predicted molar refractivity (Wildman–Crippen MR) is 76.0 cm³/mol. The Kier molecular flexibility index (Phi) is 4.76. The maximum Gasteiger partial charge on any atom is 0.125 e. The zero-order chi connectivity index (χ0) is 13.0. The highest BCUT2D eigenvalue weighted by Crippen LogP contribution is 2.41. The summed E-state index contributed by atoms with van der Waals surface area (Å²) in [6.45, 7) is 2.79. The smallest absolute Gasteiger partial charge is 0.125 e. The Hall–Kier alpha value is -0.450. The fraction of sp³-hybridized carbons (Fsp3) is 0.786. The van der Waals surface area contributed by atoms with Gasteiger partial charge >= 0.3 is 0 Å². The minimum atomic E-state index is -0.126. The maximum absolute atomic E-state index is 5.91. The van der Waals surface area contributed by atoms with Crippen molar-refractivity contribution in [3.63, 3.8) is 0 Å². The fourth-order valence-electron chi connectivity index (χ4n) is 2.79. The second-order valence-electron chi connectivity index (χ2n) is 5.18. The minimum Gasteiger partial charge on any atom is -0.371 e. The molecule has 1 aliphatic carbocycles. The summed E-state index contributed by atoms with van der Waals surface area (Å²) in [5, 5.41) is 1.17. The molecule has 2 N–H and O–H groups in total. The number of hydrogen-bond donors (Lipinski definition) is 1. The van der Waals surface area contributed by atoms with E-state index in [-0.39, 0.29) is 5.60 Å². The number of ether oxygens (including phenoxy) is 1. The van der Waals surface area contributed by atoms with Crippen molar-refractivity contribution in [1.82, 2.24) is 4.98 Å². The van der Waals surface area contributed by atoms with Crippen LogP contribution in [0.1, 0.15) is 54.1 Å². The summed E-state index contributed by atoms with van der Waals surface area (Å²) in [5.41, 5.74) is 6.67. The van der Waals surface area contributed by atoms with E-state index in [1.54, 1.807) is 0 Å². The van der Waals surface area contributed by atoms with Crippen LogP contribution in [0.3, 0.4) is 0 Å². The van der Waals surface area contributed by atoms with Gasteiger partial charge in [-0.2, -0.15) is 0 Å². The molecule has 1 aromatic rings. The van der Waals surface area contributed by atoms with Crippen molar-refractivity contribution >= 4 is 11.3 Å². The number of rotatable bonds is 4. The molecule has 102 valence electrons. The molecule has 1 saturated carbocycles. The van der Waals surface area contributed by atoms with E-state index in [9.17, 15) is 0 Å². The summed E-state index contributed by atoms with van der Waals surface area (Å²) in [7, 11) is 1.84. The molecule has 2 rings (SSSR count). The number of aromatic nitrogens is 1. The van der Waals surface area contributed by atoms with Crippen LogP contribution in [-0.2, 0) is 16.8 Å². The molecule has 0 saturated heterocycles. The third kappa shape index (κ3) is 2.76. The van der Waals surface area contributed by atoms with E-state index in [2.05, 4.69) is 6.92 Å². The third-order valence-electron chi connectivity index (χ3n) is 3.96. The van der Waals surface area contributed by atoms with Crippen LogP contribution >= 0.6 is 11.3 Å². The molecule has 0 unspecified atom stereocenters. The lowest BCUT2D eigenvalue weighted by Gasteiger charge is -2.29. The van der Waals surface area contributed by atoms with Crippen molar-refractivity contribution in [3.05, 3.63) is 15.6 Å². The quantitative estimate of drug-likeness (QED) is 0.853. The predicted octanol–water partition coefficient (Wildman–Crippen LogP) is 3.15. The Morgan fingerprint density at radius 2 is 1.94 bits per heavy atom. The molecule has 1 aromatic heterocycles. The van der Waals surface area contributed by atoms with Crippen molar-refractivity contribution < 1.29 is 4.74 Å². The molecule has 0 spiro atoms. The number of thiazole rings is 1. The Bertz CT molecular complexity index is 381. The van der Waals surface area contributed by atoms with Crippen LogP contribution in [0, 0.1) is 6.92 Å². The van der Waals surface area contributed by atoms with E-state index in [0.29, 0.717) is 6.54 Å². The van der Waals surface area contributed by atoms with E-state index in [4.69, 9.17) is 15.5 Å². The van der Waals surface area contributed by atoms with E-state index in [1.165, 1.54) is 35.6 Å². The molecule has 18 heavy (non-hydrogen) atoms. The molecule has 0 bridgehead atoms. The Balaban J connectivity index is 2.28. The average Bonchev–Trinajstić information content (AvgIpc) is 2.63. The van der Waals surface area contributed by atoms with Crippen LogP contribution < -0.4 is 5.73 Å². The number of hydrogen-bond acceptors (Lipinski definition) is 4. The van der Waals surface area contributed by atoms with Crippen LogP contribution in [0.25, 0.3) is 0 Å². The molecular formula is C14H24N2OS. The largest absolute Gasteiger partial charge is 0.371 e. The third-order valence-corrected chi connectivity index (χ3v) is 5.36. The lowest BCUT2D eigenvalue weighted by Crippen LogP contribution is -2.27. The molecule has 1 heterocycles. The van der Waals surface area contributed by atoms with Gasteiger partial charge < -0.3 is 10.5 Å². The molecule has 0 aromatic carbocycles. The van der Waals surface area contributed by atoms with E-state index < -0.39 is 0 Å². The van der Waals surface area contributed by atoms with Crippen LogP contribution in [-0.4, -0.2) is 18.6 Å². The highest BCUT2D eigenvalue weighted by Gasteiger charge is 2.36. The number of nitrogens with zero attached hydrogens (tertiary/aromatic N) is 1. The molecule has 1 aliphatic rings. The Labute approximate surface area is 114 Å². The van der Waals surface area contributed by atoms with Gasteiger partial charge in [-0.1, -0.05) is 25.7 Å². The average molecular weight is 268 g/mol. The lowest BCUT2D eigenvalue weighted by atomic mass is 9.95. The second-order valence-corrected chi connectivity index (χ2v) is 6.26.